The van der Waals surface area contributed by atoms with E-state index in [0.29, 0.717) is 4.47 Å². The van der Waals surface area contributed by atoms with E-state index in [2.05, 4.69) is 15.9 Å². The third-order valence-electron chi connectivity index (χ3n) is 3.04. The second kappa shape index (κ2) is 5.49. The first-order chi connectivity index (χ1) is 9.31. The Balaban J connectivity index is 2.00. The van der Waals surface area contributed by atoms with Crippen molar-refractivity contribution >= 4 is 27.8 Å². The van der Waals surface area contributed by atoms with Gasteiger partial charge < -0.3 is 14.7 Å². The molecule has 1 aromatic carbocycles. The predicted octanol–water partition coefficient (Wildman–Crippen LogP) is 1.90. The molecular formula is C13H13BrFNO4. The lowest BCUT2D eigenvalue weighted by Gasteiger charge is -2.47. The van der Waals surface area contributed by atoms with Crippen molar-refractivity contribution in [1.82, 2.24) is 4.90 Å². The zero-order valence-electron chi connectivity index (χ0n) is 10.7. The lowest BCUT2D eigenvalue weighted by molar-refractivity contribution is -0.159. The van der Waals surface area contributed by atoms with Gasteiger partial charge in [-0.15, -0.1) is 0 Å². The van der Waals surface area contributed by atoms with Gasteiger partial charge in [0.25, 0.3) is 5.91 Å². The van der Waals surface area contributed by atoms with Gasteiger partial charge in [0.1, 0.15) is 18.0 Å². The largest absolute Gasteiger partial charge is 0.480 e. The van der Waals surface area contributed by atoms with Gasteiger partial charge in [-0.2, -0.15) is 0 Å². The van der Waals surface area contributed by atoms with E-state index in [9.17, 15) is 14.0 Å². The molecule has 20 heavy (non-hydrogen) atoms. The van der Waals surface area contributed by atoms with Crippen molar-refractivity contribution in [3.8, 4) is 0 Å². The fraction of sp³-hybridized carbons (Fsp3) is 0.385. The molecule has 1 aliphatic rings. The van der Waals surface area contributed by atoms with Crippen molar-refractivity contribution in [1.29, 1.82) is 0 Å². The molecule has 0 unspecified atom stereocenters. The summed E-state index contributed by atoms with van der Waals surface area (Å²) < 4.78 is 19.4. The van der Waals surface area contributed by atoms with Crippen LogP contribution in [0.4, 0.5) is 4.39 Å². The maximum absolute atomic E-state index is 13.6. The number of rotatable bonds is 4. The van der Waals surface area contributed by atoms with E-state index in [4.69, 9.17) is 9.84 Å². The van der Waals surface area contributed by atoms with Crippen LogP contribution in [0, 0.1) is 5.82 Å². The number of carboxylic acids is 1. The molecule has 0 bridgehead atoms. The van der Waals surface area contributed by atoms with Crippen LogP contribution in [-0.4, -0.2) is 47.2 Å². The number of benzene rings is 1. The van der Waals surface area contributed by atoms with Crippen molar-refractivity contribution in [3.63, 3.8) is 0 Å². The molecule has 1 heterocycles. The van der Waals surface area contributed by atoms with Crippen LogP contribution in [0.25, 0.3) is 0 Å². The first kappa shape index (κ1) is 14.9. The first-order valence-electron chi connectivity index (χ1n) is 5.91. The zero-order valence-corrected chi connectivity index (χ0v) is 12.3. The summed E-state index contributed by atoms with van der Waals surface area (Å²) in [7, 11) is 0. The number of likely N-dealkylation sites (tertiary alicyclic amines) is 1. The van der Waals surface area contributed by atoms with Crippen molar-refractivity contribution < 1.29 is 23.8 Å². The van der Waals surface area contributed by atoms with Crippen LogP contribution in [0.5, 0.6) is 0 Å². The maximum atomic E-state index is 13.6. The van der Waals surface area contributed by atoms with Gasteiger partial charge in [-0.05, 0) is 25.1 Å². The topological polar surface area (TPSA) is 66.8 Å². The summed E-state index contributed by atoms with van der Waals surface area (Å²) in [6.07, 6.45) is 0. The van der Waals surface area contributed by atoms with Gasteiger partial charge in [-0.3, -0.25) is 4.79 Å². The number of carboxylic acid groups (broad SMARTS) is 1. The molecule has 5 nitrogen and oxygen atoms in total. The van der Waals surface area contributed by atoms with Gasteiger partial charge in [-0.1, -0.05) is 15.9 Å². The Labute approximate surface area is 123 Å². The number of carbonyl (C=O) groups excluding carboxylic acids is 1. The average Bonchev–Trinajstić information content (AvgIpc) is 2.35. The Bertz CT molecular complexity index is 557. The number of hydrogen-bond donors (Lipinski definition) is 1. The molecule has 1 aliphatic heterocycles. The molecule has 1 fully saturated rings. The fourth-order valence-corrected chi connectivity index (χ4v) is 2.42. The van der Waals surface area contributed by atoms with Gasteiger partial charge in [0.15, 0.2) is 0 Å². The molecule has 108 valence electrons. The highest BCUT2D eigenvalue weighted by Crippen LogP contribution is 2.27. The molecule has 7 heteroatoms. The molecular weight excluding hydrogens is 333 g/mol. The van der Waals surface area contributed by atoms with Crippen molar-refractivity contribution in [2.24, 2.45) is 0 Å². The minimum Gasteiger partial charge on any atom is -0.480 e. The minimum atomic E-state index is -1.06. The summed E-state index contributed by atoms with van der Waals surface area (Å²) in [4.78, 5) is 24.0. The van der Waals surface area contributed by atoms with E-state index < -0.39 is 29.9 Å². The molecule has 1 saturated heterocycles. The fourth-order valence-electron chi connectivity index (χ4n) is 2.06. The van der Waals surface area contributed by atoms with Crippen LogP contribution in [-0.2, 0) is 9.53 Å². The van der Waals surface area contributed by atoms with Crippen LogP contribution in [0.1, 0.15) is 17.3 Å². The summed E-state index contributed by atoms with van der Waals surface area (Å²) in [5.41, 5.74) is -0.698. The molecule has 0 radical (unpaired) electrons. The molecule has 0 atom stereocenters. The molecule has 2 rings (SSSR count). The van der Waals surface area contributed by atoms with Crippen molar-refractivity contribution in [2.75, 3.05) is 19.7 Å². The van der Waals surface area contributed by atoms with Gasteiger partial charge >= 0.3 is 5.97 Å². The third-order valence-corrected chi connectivity index (χ3v) is 3.53. The van der Waals surface area contributed by atoms with Crippen LogP contribution < -0.4 is 0 Å². The van der Waals surface area contributed by atoms with Crippen LogP contribution >= 0.6 is 15.9 Å². The third kappa shape index (κ3) is 3.16. The van der Waals surface area contributed by atoms with Crippen molar-refractivity contribution in [3.05, 3.63) is 34.1 Å². The number of ether oxygens (including phenoxy) is 1. The summed E-state index contributed by atoms with van der Waals surface area (Å²) >= 11 is 3.19. The molecule has 0 aliphatic carbocycles. The highest BCUT2D eigenvalue weighted by Gasteiger charge is 2.43. The van der Waals surface area contributed by atoms with E-state index in [0.717, 1.165) is 0 Å². The maximum Gasteiger partial charge on any atom is 0.329 e. The monoisotopic (exact) mass is 345 g/mol. The minimum absolute atomic E-state index is 0.0142. The standard InChI is InChI=1S/C13H13BrFNO4/c1-13(20-5-11(17)18)6-16(7-13)12(19)9-4-8(14)2-3-10(9)15/h2-4H,5-7H2,1H3,(H,17,18). The van der Waals surface area contributed by atoms with Crippen LogP contribution in [0.2, 0.25) is 0 Å². The average molecular weight is 346 g/mol. The van der Waals surface area contributed by atoms with E-state index in [1.165, 1.54) is 23.1 Å². The zero-order chi connectivity index (χ0) is 14.9. The van der Waals surface area contributed by atoms with Gasteiger partial charge in [0, 0.05) is 4.47 Å². The Morgan fingerprint density at radius 2 is 2.15 bits per heavy atom. The Morgan fingerprint density at radius 3 is 2.75 bits per heavy atom. The number of halogens is 2. The molecule has 1 N–H and O–H groups in total. The van der Waals surface area contributed by atoms with Crippen LogP contribution in [0.15, 0.2) is 22.7 Å². The van der Waals surface area contributed by atoms with E-state index in [1.54, 1.807) is 6.92 Å². The number of amides is 1. The highest BCUT2D eigenvalue weighted by molar-refractivity contribution is 9.10. The SMILES string of the molecule is CC1(OCC(=O)O)CN(C(=O)c2cc(Br)ccc2F)C1. The second-order valence-corrected chi connectivity index (χ2v) is 5.83. The van der Waals surface area contributed by atoms with Gasteiger partial charge in [0.2, 0.25) is 0 Å². The Hall–Kier alpha value is -1.47. The quantitative estimate of drug-likeness (QED) is 0.904. The summed E-state index contributed by atoms with van der Waals surface area (Å²) in [6, 6.07) is 4.16. The Kier molecular flexibility index (Phi) is 4.10. The number of carbonyl (C=O) groups is 2. The predicted molar refractivity (Wildman–Crippen MR) is 72.0 cm³/mol. The summed E-state index contributed by atoms with van der Waals surface area (Å²) in [6.45, 7) is 1.79. The lowest BCUT2D eigenvalue weighted by Crippen LogP contribution is -2.63. The highest BCUT2D eigenvalue weighted by atomic mass is 79.9. The molecule has 1 amide bonds. The number of hydrogen-bond acceptors (Lipinski definition) is 3. The van der Waals surface area contributed by atoms with E-state index >= 15 is 0 Å². The van der Waals surface area contributed by atoms with Crippen LogP contribution in [0.3, 0.4) is 0 Å². The second-order valence-electron chi connectivity index (χ2n) is 4.92. The van der Waals surface area contributed by atoms with Gasteiger partial charge in [-0.25, -0.2) is 9.18 Å². The number of nitrogens with zero attached hydrogens (tertiary/aromatic N) is 1. The smallest absolute Gasteiger partial charge is 0.329 e. The molecule has 0 spiro atoms. The first-order valence-corrected chi connectivity index (χ1v) is 6.70. The normalized spacial score (nSPS) is 16.6. The molecule has 0 saturated carbocycles. The summed E-state index contributed by atoms with van der Waals surface area (Å²) in [5.74, 6) is -2.08. The lowest BCUT2D eigenvalue weighted by atomic mass is 9.95. The summed E-state index contributed by atoms with van der Waals surface area (Å²) in [5, 5.41) is 8.56. The van der Waals surface area contributed by atoms with Gasteiger partial charge in [0.05, 0.1) is 18.7 Å². The van der Waals surface area contributed by atoms with Crippen molar-refractivity contribution in [2.45, 2.75) is 12.5 Å². The van der Waals surface area contributed by atoms with E-state index in [-0.39, 0.29) is 18.7 Å². The number of aliphatic carboxylic acids is 1. The Morgan fingerprint density at radius 1 is 1.50 bits per heavy atom. The molecule has 1 aromatic rings. The molecule has 0 aromatic heterocycles. The van der Waals surface area contributed by atoms with E-state index in [1.807, 2.05) is 0 Å².